The van der Waals surface area contributed by atoms with Crippen molar-refractivity contribution < 1.29 is 4.92 Å². The summed E-state index contributed by atoms with van der Waals surface area (Å²) in [5, 5.41) is 10.8. The largest absolute Gasteiger partial charge is 0.393 e. The smallest absolute Gasteiger partial charge is 0.292 e. The molecule has 1 rings (SSSR count). The van der Waals surface area contributed by atoms with Crippen LogP contribution in [0.15, 0.2) is 18.2 Å². The van der Waals surface area contributed by atoms with Gasteiger partial charge in [-0.25, -0.2) is 0 Å². The summed E-state index contributed by atoms with van der Waals surface area (Å²) in [5.74, 6) is 1.25. The average Bonchev–Trinajstić information content (AvgIpc) is 2.37. The first-order valence-corrected chi connectivity index (χ1v) is 7.60. The predicted molar refractivity (Wildman–Crippen MR) is 88.6 cm³/mol. The molecule has 0 bridgehead atoms. The van der Waals surface area contributed by atoms with E-state index in [1.165, 1.54) is 6.07 Å². The summed E-state index contributed by atoms with van der Waals surface area (Å²) in [5.41, 5.74) is 6.99. The highest BCUT2D eigenvalue weighted by atomic mass is 16.6. The predicted octanol–water partition coefficient (Wildman–Crippen LogP) is 4.08. The second kappa shape index (κ2) is 7.86. The van der Waals surface area contributed by atoms with Gasteiger partial charge < -0.3 is 10.6 Å². The molecule has 0 heterocycles. The van der Waals surface area contributed by atoms with E-state index < -0.39 is 4.92 Å². The summed E-state index contributed by atoms with van der Waals surface area (Å²) in [6.45, 7) is 10.7. The number of nitrogens with two attached hydrogens (primary N) is 1. The molecular formula is C16H27N3O2. The van der Waals surface area contributed by atoms with Gasteiger partial charge in [0.25, 0.3) is 5.69 Å². The van der Waals surface area contributed by atoms with Gasteiger partial charge in [-0.3, -0.25) is 10.1 Å². The third-order valence-corrected chi connectivity index (χ3v) is 3.53. The molecule has 0 saturated carbocycles. The van der Waals surface area contributed by atoms with E-state index in [2.05, 4.69) is 32.6 Å². The molecular weight excluding hydrogens is 266 g/mol. The maximum atomic E-state index is 10.8. The summed E-state index contributed by atoms with van der Waals surface area (Å²) in [4.78, 5) is 12.7. The molecule has 21 heavy (non-hydrogen) atoms. The molecule has 0 saturated heterocycles. The molecule has 5 nitrogen and oxygen atoms in total. The monoisotopic (exact) mass is 293 g/mol. The highest BCUT2D eigenvalue weighted by Gasteiger charge is 2.15. The van der Waals surface area contributed by atoms with E-state index in [1.807, 2.05) is 0 Å². The SMILES string of the molecule is CC(C)CCN(CCC(C)C)c1ccc([N+](=O)[O-])c(N)c1. The molecule has 0 amide bonds. The van der Waals surface area contributed by atoms with Crippen molar-refractivity contribution in [2.24, 2.45) is 11.8 Å². The van der Waals surface area contributed by atoms with Gasteiger partial charge in [0.2, 0.25) is 0 Å². The number of rotatable bonds is 8. The quantitative estimate of drug-likeness (QED) is 0.445. The van der Waals surface area contributed by atoms with Gasteiger partial charge in [0.1, 0.15) is 5.69 Å². The molecule has 0 unspecified atom stereocenters. The van der Waals surface area contributed by atoms with Crippen LogP contribution in [-0.4, -0.2) is 18.0 Å². The first-order valence-electron chi connectivity index (χ1n) is 7.60. The zero-order valence-electron chi connectivity index (χ0n) is 13.5. The number of benzene rings is 1. The molecule has 0 aliphatic heterocycles. The lowest BCUT2D eigenvalue weighted by atomic mass is 10.1. The van der Waals surface area contributed by atoms with E-state index in [4.69, 9.17) is 5.73 Å². The maximum Gasteiger partial charge on any atom is 0.292 e. The number of nitro groups is 1. The van der Waals surface area contributed by atoms with E-state index in [-0.39, 0.29) is 11.4 Å². The standard InChI is InChI=1S/C16H27N3O2/c1-12(2)7-9-18(10-8-13(3)4)14-5-6-16(19(20)21)15(17)11-14/h5-6,11-13H,7-10,17H2,1-4H3. The lowest BCUT2D eigenvalue weighted by molar-refractivity contribution is -0.383. The Kier molecular flexibility index (Phi) is 6.46. The van der Waals surface area contributed by atoms with Gasteiger partial charge in [-0.2, -0.15) is 0 Å². The van der Waals surface area contributed by atoms with Gasteiger partial charge in [0.05, 0.1) is 4.92 Å². The topological polar surface area (TPSA) is 72.4 Å². The van der Waals surface area contributed by atoms with Crippen molar-refractivity contribution >= 4 is 17.1 Å². The van der Waals surface area contributed by atoms with Crippen molar-refractivity contribution in [2.45, 2.75) is 40.5 Å². The number of nitrogen functional groups attached to an aromatic ring is 1. The van der Waals surface area contributed by atoms with Gasteiger partial charge in [-0.15, -0.1) is 0 Å². The minimum Gasteiger partial charge on any atom is -0.393 e. The van der Waals surface area contributed by atoms with Crippen molar-refractivity contribution in [1.82, 2.24) is 0 Å². The Morgan fingerprint density at radius 3 is 2.05 bits per heavy atom. The third-order valence-electron chi connectivity index (χ3n) is 3.53. The van der Waals surface area contributed by atoms with E-state index in [0.29, 0.717) is 11.8 Å². The fourth-order valence-electron chi connectivity index (χ4n) is 2.10. The van der Waals surface area contributed by atoms with Crippen molar-refractivity contribution in [1.29, 1.82) is 0 Å². The van der Waals surface area contributed by atoms with Gasteiger partial charge >= 0.3 is 0 Å². The zero-order chi connectivity index (χ0) is 16.0. The summed E-state index contributed by atoms with van der Waals surface area (Å²) in [7, 11) is 0. The summed E-state index contributed by atoms with van der Waals surface area (Å²) in [6, 6.07) is 5.02. The van der Waals surface area contributed by atoms with Crippen LogP contribution in [0.5, 0.6) is 0 Å². The first-order chi connectivity index (χ1) is 9.81. The van der Waals surface area contributed by atoms with Gasteiger partial charge in [0.15, 0.2) is 0 Å². The Labute approximate surface area is 127 Å². The number of hydrogen-bond acceptors (Lipinski definition) is 4. The van der Waals surface area contributed by atoms with Crippen molar-refractivity contribution in [3.8, 4) is 0 Å². The van der Waals surface area contributed by atoms with Crippen LogP contribution in [0.4, 0.5) is 17.1 Å². The zero-order valence-corrected chi connectivity index (χ0v) is 13.5. The van der Waals surface area contributed by atoms with Crippen LogP contribution in [0.1, 0.15) is 40.5 Å². The molecule has 0 radical (unpaired) electrons. The second-order valence-corrected chi connectivity index (χ2v) is 6.35. The van der Waals surface area contributed by atoms with E-state index in [0.717, 1.165) is 31.6 Å². The van der Waals surface area contributed by atoms with Crippen molar-refractivity contribution in [3.63, 3.8) is 0 Å². The Hall–Kier alpha value is -1.78. The Morgan fingerprint density at radius 2 is 1.67 bits per heavy atom. The summed E-state index contributed by atoms with van der Waals surface area (Å²) >= 11 is 0. The van der Waals surface area contributed by atoms with E-state index >= 15 is 0 Å². The van der Waals surface area contributed by atoms with E-state index in [9.17, 15) is 10.1 Å². The Balaban J connectivity index is 2.90. The van der Waals surface area contributed by atoms with Gasteiger partial charge in [-0.1, -0.05) is 27.7 Å². The average molecular weight is 293 g/mol. The van der Waals surface area contributed by atoms with Crippen molar-refractivity contribution in [2.75, 3.05) is 23.7 Å². The number of hydrogen-bond donors (Lipinski definition) is 1. The highest BCUT2D eigenvalue weighted by Crippen LogP contribution is 2.27. The minimum atomic E-state index is -0.439. The van der Waals surface area contributed by atoms with E-state index in [1.54, 1.807) is 12.1 Å². The Morgan fingerprint density at radius 1 is 1.14 bits per heavy atom. The molecule has 0 fully saturated rings. The fourth-order valence-corrected chi connectivity index (χ4v) is 2.10. The van der Waals surface area contributed by atoms with Crippen LogP contribution in [-0.2, 0) is 0 Å². The lowest BCUT2D eigenvalue weighted by Gasteiger charge is -2.26. The Bertz CT molecular complexity index is 461. The van der Waals surface area contributed by atoms with Crippen LogP contribution in [0.2, 0.25) is 0 Å². The van der Waals surface area contributed by atoms with Gasteiger partial charge in [0, 0.05) is 24.8 Å². The molecule has 0 aliphatic carbocycles. The van der Waals surface area contributed by atoms with Crippen LogP contribution in [0.25, 0.3) is 0 Å². The fraction of sp³-hybridized carbons (Fsp3) is 0.625. The second-order valence-electron chi connectivity index (χ2n) is 6.35. The minimum absolute atomic E-state index is 0.0218. The van der Waals surface area contributed by atoms with Crippen molar-refractivity contribution in [3.05, 3.63) is 28.3 Å². The molecule has 0 spiro atoms. The highest BCUT2D eigenvalue weighted by molar-refractivity contribution is 5.66. The first kappa shape index (κ1) is 17.3. The molecule has 0 atom stereocenters. The van der Waals surface area contributed by atoms with Crippen LogP contribution >= 0.6 is 0 Å². The normalized spacial score (nSPS) is 11.1. The molecule has 0 aliphatic rings. The van der Waals surface area contributed by atoms with Crippen LogP contribution < -0.4 is 10.6 Å². The number of anilines is 2. The molecule has 0 aromatic heterocycles. The molecule has 5 heteroatoms. The molecule has 118 valence electrons. The summed E-state index contributed by atoms with van der Waals surface area (Å²) < 4.78 is 0. The number of nitrogens with zero attached hydrogens (tertiary/aromatic N) is 2. The van der Waals surface area contributed by atoms with Crippen LogP contribution in [0, 0.1) is 22.0 Å². The van der Waals surface area contributed by atoms with Crippen LogP contribution in [0.3, 0.4) is 0 Å². The molecule has 1 aromatic carbocycles. The molecule has 2 N–H and O–H groups in total. The number of nitro benzene ring substituents is 1. The van der Waals surface area contributed by atoms with Gasteiger partial charge in [-0.05, 0) is 36.8 Å². The molecule has 1 aromatic rings. The maximum absolute atomic E-state index is 10.8. The third kappa shape index (κ3) is 5.61. The lowest BCUT2D eigenvalue weighted by Crippen LogP contribution is -2.27. The summed E-state index contributed by atoms with van der Waals surface area (Å²) in [6.07, 6.45) is 2.18.